The number of piperidine rings is 4. The Bertz CT molecular complexity index is 5900. The summed E-state index contributed by atoms with van der Waals surface area (Å²) >= 11 is 0. The molecule has 0 radical (unpaired) electrons. The third-order valence-corrected chi connectivity index (χ3v) is 31.9. The van der Waals surface area contributed by atoms with Crippen molar-refractivity contribution in [2.45, 2.75) is 154 Å². The van der Waals surface area contributed by atoms with Crippen molar-refractivity contribution in [3.05, 3.63) is 238 Å². The van der Waals surface area contributed by atoms with E-state index in [4.69, 9.17) is 4.74 Å². The second-order valence-electron chi connectivity index (χ2n) is 42.1. The zero-order chi connectivity index (χ0) is 97.8. The van der Waals surface area contributed by atoms with Crippen LogP contribution in [0.5, 0.6) is 0 Å². The lowest BCUT2D eigenvalue weighted by Crippen LogP contribution is -2.51. The lowest BCUT2D eigenvalue weighted by atomic mass is 10.0. The molecule has 752 valence electrons. The number of methoxy groups -OCH3 is 1. The van der Waals surface area contributed by atoms with Gasteiger partial charge in [0.2, 0.25) is 11.8 Å². The molecule has 2 amide bonds. The van der Waals surface area contributed by atoms with Gasteiger partial charge in [0.15, 0.2) is 0 Å². The van der Waals surface area contributed by atoms with E-state index in [1.54, 1.807) is 18.2 Å². The van der Waals surface area contributed by atoms with Crippen LogP contribution in [0.4, 0.5) is 27.1 Å². The highest BCUT2D eigenvalue weighted by molar-refractivity contribution is 5.97. The van der Waals surface area contributed by atoms with Gasteiger partial charge < -0.3 is 75.2 Å². The van der Waals surface area contributed by atoms with Crippen LogP contribution in [-0.2, 0) is 27.2 Å². The van der Waals surface area contributed by atoms with Gasteiger partial charge in [-0.1, -0.05) is 91.0 Å². The Morgan fingerprint density at radius 1 is 0.408 bits per heavy atom. The molecule has 1 saturated carbocycles. The molecule has 10 aromatic rings. The number of hydrogen-bond donors (Lipinski definition) is 6. The molecule has 8 aromatic carbocycles. The van der Waals surface area contributed by atoms with Gasteiger partial charge in [0.25, 0.3) is 0 Å². The number of benzene rings is 8. The number of ether oxygens (including phenoxy) is 1. The number of rotatable bonds is 29. The molecule has 8 aliphatic heterocycles. The van der Waals surface area contributed by atoms with Crippen molar-refractivity contribution in [3.8, 4) is 28.6 Å². The average Bonchev–Trinajstić information content (AvgIpc) is 1.65. The van der Waals surface area contributed by atoms with E-state index in [-0.39, 0.29) is 23.6 Å². The number of aromatic amines is 2. The molecule has 6 N–H and O–H groups in total. The monoisotopic (exact) mass is 1920 g/mol. The molecule has 11 aliphatic rings. The van der Waals surface area contributed by atoms with Gasteiger partial charge in [0.05, 0.1) is 24.3 Å². The molecule has 24 heteroatoms. The van der Waals surface area contributed by atoms with Gasteiger partial charge in [0.1, 0.15) is 5.82 Å². The summed E-state index contributed by atoms with van der Waals surface area (Å²) in [5.41, 5.74) is 23.1. The maximum Gasteiger partial charge on any atom is 0.337 e. The van der Waals surface area contributed by atoms with Crippen LogP contribution in [0.25, 0.3) is 67.6 Å². The summed E-state index contributed by atoms with van der Waals surface area (Å²) in [6, 6.07) is 70.7. The number of nitriles is 1. The van der Waals surface area contributed by atoms with Gasteiger partial charge in [0, 0.05) is 308 Å². The number of aromatic nitrogens is 2. The minimum absolute atomic E-state index is 0.176. The molecule has 0 atom stereocenters. The Morgan fingerprint density at radius 2 is 0.817 bits per heavy atom. The van der Waals surface area contributed by atoms with E-state index >= 15 is 0 Å². The molecular weight excluding hydrogens is 1770 g/mol. The predicted octanol–water partition coefficient (Wildman–Crippen LogP) is 16.4. The Kier molecular flexibility index (Phi) is 34.9. The molecule has 23 nitrogen and oxygen atoms in total. The maximum atomic E-state index is 13.6. The van der Waals surface area contributed by atoms with Crippen molar-refractivity contribution >= 4 is 85.6 Å². The predicted molar refractivity (Wildman–Crippen MR) is 581 cm³/mol. The first-order chi connectivity index (χ1) is 69.3. The van der Waals surface area contributed by atoms with E-state index in [0.717, 1.165) is 215 Å². The standard InChI is InChI=1S/C31H39N5O.C30H41N5O2.C29H39N5.C28H35FN4O/c1-23(2)34-14-16-36(17-15-34)31(37)8-11-33-29-9-12-35(13-10-29)30-5-3-4-25(21-30)28-19-26-7-6-24(22-32)18-27(26)20-28;1-22(2)34-17-15-33(16-18-34)14-11-31-26-9-12-35(13-10-26)27-6-4-5-23(20-27)29-21-25-19-24(30(36)37-3)7-8-28(25)32-29;1-2-7-28-25(4-1)21-29(31-28)24-5-3-6-27(20-24)34-13-10-26(11-14-34)30-12-15-32-16-18-33(19-17-32)22-23-8-9-23;1-31-13-15-33(16-14-31)28(34)7-10-30-26-8-11-32(12-9-26)27-4-2-3-21(20-27)23-17-22-5-6-25(29)19-24(22)18-23/h3-7,18,20-21,23,29,33H,8-17,19H2,1-2H3;4-8,19-22,26,31-32H,9-18H2,1-3H3;1-7,20-21,23,26,30-31H,8-19,22H2;2-6,18-20,26,30H,7-17H2,1H3. The number of esters is 1. The Hall–Kier alpha value is -11.1. The van der Waals surface area contributed by atoms with Crippen LogP contribution in [-0.4, -0.2) is 320 Å². The van der Waals surface area contributed by atoms with Crippen molar-refractivity contribution in [2.24, 2.45) is 5.92 Å². The summed E-state index contributed by atoms with van der Waals surface area (Å²) in [4.78, 5) is 73.4. The fourth-order valence-corrected chi connectivity index (χ4v) is 22.6. The van der Waals surface area contributed by atoms with Gasteiger partial charge in [-0.2, -0.15) is 5.26 Å². The molecule has 0 bridgehead atoms. The fourth-order valence-electron chi connectivity index (χ4n) is 22.6. The largest absolute Gasteiger partial charge is 0.465 e. The minimum atomic E-state index is -0.311. The molecule has 0 unspecified atom stereocenters. The lowest BCUT2D eigenvalue weighted by Gasteiger charge is -2.37. The van der Waals surface area contributed by atoms with Gasteiger partial charge >= 0.3 is 5.97 Å². The van der Waals surface area contributed by atoms with Crippen molar-refractivity contribution in [3.63, 3.8) is 0 Å². The molecule has 142 heavy (non-hydrogen) atoms. The smallest absolute Gasteiger partial charge is 0.337 e. The first-order valence-electron chi connectivity index (χ1n) is 53.6. The van der Waals surface area contributed by atoms with Crippen molar-refractivity contribution in [1.29, 1.82) is 5.26 Å². The van der Waals surface area contributed by atoms with E-state index in [1.165, 1.54) is 195 Å². The molecule has 8 saturated heterocycles. The van der Waals surface area contributed by atoms with Crippen LogP contribution in [0.2, 0.25) is 0 Å². The van der Waals surface area contributed by atoms with Gasteiger partial charge in [-0.3, -0.25) is 29.2 Å². The number of fused-ring (bicyclic) bond motifs is 4. The first kappa shape index (κ1) is 101. The van der Waals surface area contributed by atoms with Crippen LogP contribution in [0.15, 0.2) is 188 Å². The summed E-state index contributed by atoms with van der Waals surface area (Å²) in [5, 5.41) is 26.4. The highest BCUT2D eigenvalue weighted by Crippen LogP contribution is 2.39. The molecule has 9 fully saturated rings. The van der Waals surface area contributed by atoms with E-state index < -0.39 is 0 Å². The second-order valence-corrected chi connectivity index (χ2v) is 42.1. The zero-order valence-electron chi connectivity index (χ0n) is 85.2. The Morgan fingerprint density at radius 3 is 1.27 bits per heavy atom. The molecule has 2 aromatic heterocycles. The van der Waals surface area contributed by atoms with Crippen LogP contribution < -0.4 is 40.9 Å². The molecule has 0 spiro atoms. The van der Waals surface area contributed by atoms with Gasteiger partial charge in [-0.15, -0.1) is 0 Å². The summed E-state index contributed by atoms with van der Waals surface area (Å²) < 4.78 is 18.4. The Balaban J connectivity index is 0.000000125. The van der Waals surface area contributed by atoms with E-state index in [0.29, 0.717) is 54.7 Å². The molecule has 21 rings (SSSR count). The SMILES string of the molecule is CC(C)N1CCN(C(=O)CCNC2CCN(c3cccc(C4=Cc5cc(C#N)ccc5C4)c3)CC2)CC1.CN1CCN(C(=O)CCNC2CCN(c3cccc(C4=Cc5cc(F)ccc5C4)c3)CC2)CC1.COC(=O)c1ccc2[nH]c(-c3cccc(N4CCC(NCCN5CCN(C(C)C)CC5)CC4)c3)cc2c1.c1cc(-c2cc3ccccc3[nH]2)cc(N2CCC(NCCN3CCN(CC4CC4)CC3)CC2)c1. The average molecular weight is 1920 g/mol. The third kappa shape index (κ3) is 27.3. The van der Waals surface area contributed by atoms with Crippen LogP contribution in [0, 0.1) is 23.1 Å². The molecule has 3 aliphatic carbocycles. The number of likely N-dealkylation sites (N-methyl/N-ethyl adjacent to an activating group) is 1. The molecular formula is C118H154FN19O4. The van der Waals surface area contributed by atoms with Gasteiger partial charge in [-0.25, -0.2) is 9.18 Å². The molecule has 10 heterocycles. The van der Waals surface area contributed by atoms with Crippen molar-refractivity contribution in [2.75, 3.05) is 237 Å². The number of nitrogens with zero attached hydrogens (tertiary/aromatic N) is 13. The quantitative estimate of drug-likeness (QED) is 0.0241. The van der Waals surface area contributed by atoms with E-state index in [9.17, 15) is 24.0 Å². The van der Waals surface area contributed by atoms with Crippen LogP contribution in [0.3, 0.4) is 0 Å². The van der Waals surface area contributed by atoms with Crippen LogP contribution in [0.1, 0.15) is 154 Å². The normalized spacial score (nSPS) is 19.2. The number of nitrogens with one attached hydrogen (secondary N) is 6. The first-order valence-corrected chi connectivity index (χ1v) is 53.6. The number of allylic oxidation sites excluding steroid dienone is 2. The number of carbonyl (C=O) groups excluding carboxylic acids is 3. The zero-order valence-corrected chi connectivity index (χ0v) is 85.2. The minimum Gasteiger partial charge on any atom is -0.465 e. The highest BCUT2D eigenvalue weighted by Gasteiger charge is 2.32. The number of piperazine rings is 4. The number of para-hydroxylation sites is 1. The summed E-state index contributed by atoms with van der Waals surface area (Å²) in [7, 11) is 3.52. The number of halogens is 1. The summed E-state index contributed by atoms with van der Waals surface area (Å²) in [5.74, 6) is 1.10. The maximum absolute atomic E-state index is 13.6. The number of carbonyl (C=O) groups is 3. The highest BCUT2D eigenvalue weighted by atomic mass is 19.1. The summed E-state index contributed by atoms with van der Waals surface area (Å²) in [6.07, 6.45) is 19.4. The van der Waals surface area contributed by atoms with E-state index in [2.05, 4.69) is 273 Å². The number of anilines is 4. The van der Waals surface area contributed by atoms with Crippen molar-refractivity contribution in [1.82, 2.24) is 70.4 Å². The number of H-pyrrole nitrogens is 2. The number of hydrogen-bond acceptors (Lipinski definition) is 19. The van der Waals surface area contributed by atoms with E-state index in [1.807, 2.05) is 40.1 Å². The topological polar surface area (TPSA) is 203 Å². The van der Waals surface area contributed by atoms with Crippen LogP contribution >= 0.6 is 0 Å². The van der Waals surface area contributed by atoms with Gasteiger partial charge in [-0.05, 0) is 283 Å². The second kappa shape index (κ2) is 49.0. The van der Waals surface area contributed by atoms with Crippen molar-refractivity contribution < 1.29 is 23.5 Å². The summed E-state index contributed by atoms with van der Waals surface area (Å²) in [6.45, 7) is 42.1. The number of amides is 2. The fraction of sp³-hybridized carbons (Fsp3) is 0.492. The third-order valence-electron chi connectivity index (χ3n) is 31.9. The lowest BCUT2D eigenvalue weighted by molar-refractivity contribution is -0.133. The Labute approximate surface area is 843 Å².